The largest absolute Gasteiger partial charge is 0.456 e. The molecule has 15 rings (SSSR count). The SMILES string of the molecule is CCCCc1cc2c(=O)cc3c4ccc5c6c(Oc7c(C(C)C)cccc7C(C)C)cc7c8c(ccc(c9c(Oc%10c(C(C)C)cccc%10C(C)C)cc(c4c59)c4cc(=O)c(c1)c2n34)c68)c1cc(=O)c2cc(CCCC)cc3c(=O)cc7n1c23. The molecule has 0 saturated carbocycles. The Bertz CT molecular complexity index is 5080. The van der Waals surface area contributed by atoms with E-state index in [-0.39, 0.29) is 45.4 Å². The number of ether oxygens (including phenoxy) is 2. The maximum Gasteiger partial charge on any atom is 0.190 e. The number of pyridine rings is 6. The first-order valence-electron chi connectivity index (χ1n) is 30.5. The van der Waals surface area contributed by atoms with Gasteiger partial charge in [-0.15, -0.1) is 0 Å². The Balaban J connectivity index is 1.18. The zero-order chi connectivity index (χ0) is 58.0. The van der Waals surface area contributed by atoms with Crippen molar-refractivity contribution in [1.82, 2.24) is 8.80 Å². The van der Waals surface area contributed by atoms with Crippen molar-refractivity contribution in [3.05, 3.63) is 196 Å². The van der Waals surface area contributed by atoms with Crippen LogP contribution in [0, 0.1) is 0 Å². The molecule has 0 amide bonds. The van der Waals surface area contributed by atoms with Crippen molar-refractivity contribution in [2.75, 3.05) is 0 Å². The lowest BCUT2D eigenvalue weighted by Gasteiger charge is -2.27. The van der Waals surface area contributed by atoms with Crippen LogP contribution < -0.4 is 31.2 Å². The molecule has 84 heavy (non-hydrogen) atoms. The third kappa shape index (κ3) is 7.24. The Kier molecular flexibility index (Phi) is 11.6. The molecule has 6 heterocycles. The fourth-order valence-electron chi connectivity index (χ4n) is 14.7. The van der Waals surface area contributed by atoms with E-state index in [0.717, 1.165) is 159 Å². The maximum atomic E-state index is 14.9. The standard InChI is InChI=1S/C76H66N2O6/c1-11-13-17-41-27-53-61(79)33-57-47-23-25-49-70-66(84-76-45(39(7)8)21-16-22-46(76)40(9)10)32-52-60-36-64(82)56-30-42(18-14-12-2)28-54-62(80)34-58(78(60)74(54)56)48-24-26-50(72(70)68(48)52)69-65(83-75-43(37(3)4)19-15-20-44(75)38(5)6)31-51(67(47)71(49)69)59-35-63(81)55(29-41)73(53)77(57)59/h15-16,19-40H,11-14,17-18H2,1-10H3. The van der Waals surface area contributed by atoms with Gasteiger partial charge < -0.3 is 18.3 Å². The van der Waals surface area contributed by atoms with Gasteiger partial charge in [-0.1, -0.05) is 143 Å². The molecule has 6 aromatic heterocycles. The normalized spacial score (nSPS) is 12.8. The van der Waals surface area contributed by atoms with Gasteiger partial charge in [0, 0.05) is 99.7 Å². The molecule has 15 aromatic rings. The van der Waals surface area contributed by atoms with Crippen LogP contribution in [0.5, 0.6) is 23.0 Å². The van der Waals surface area contributed by atoms with Crippen molar-refractivity contribution in [1.29, 1.82) is 0 Å². The molecule has 0 aliphatic rings. The van der Waals surface area contributed by atoms with Gasteiger partial charge in [-0.3, -0.25) is 19.2 Å². The fraction of sp³-hybridized carbons (Fsp3) is 0.263. The molecule has 0 aliphatic heterocycles. The van der Waals surface area contributed by atoms with E-state index in [1.807, 2.05) is 24.3 Å². The van der Waals surface area contributed by atoms with Crippen LogP contribution in [0.25, 0.3) is 119 Å². The zero-order valence-electron chi connectivity index (χ0n) is 49.4. The second kappa shape index (κ2) is 18.8. The first-order chi connectivity index (χ1) is 40.6. The van der Waals surface area contributed by atoms with Crippen molar-refractivity contribution in [2.24, 2.45) is 0 Å². The summed E-state index contributed by atoms with van der Waals surface area (Å²) in [5.74, 6) is 3.33. The van der Waals surface area contributed by atoms with Crippen LogP contribution >= 0.6 is 0 Å². The molecule has 0 saturated heterocycles. The van der Waals surface area contributed by atoms with Crippen LogP contribution in [0.3, 0.4) is 0 Å². The van der Waals surface area contributed by atoms with Crippen LogP contribution in [-0.2, 0) is 12.8 Å². The van der Waals surface area contributed by atoms with Gasteiger partial charge in [0.25, 0.3) is 0 Å². The molecular formula is C76H66N2O6. The number of fused-ring (bicyclic) bond motifs is 6. The Morgan fingerprint density at radius 3 is 0.964 bits per heavy atom. The van der Waals surface area contributed by atoms with Gasteiger partial charge in [-0.05, 0) is 130 Å². The molecule has 0 fully saturated rings. The number of hydrogen-bond donors (Lipinski definition) is 0. The highest BCUT2D eigenvalue weighted by molar-refractivity contribution is 6.44. The third-order valence-corrected chi connectivity index (χ3v) is 18.7. The van der Waals surface area contributed by atoms with E-state index in [1.165, 1.54) is 0 Å². The number of aryl methyl sites for hydroxylation is 2. The summed E-state index contributed by atoms with van der Waals surface area (Å²) in [4.78, 5) is 59.4. The molecular weight excluding hydrogens is 1040 g/mol. The summed E-state index contributed by atoms with van der Waals surface area (Å²) >= 11 is 0. The van der Waals surface area contributed by atoms with Gasteiger partial charge in [0.05, 0.1) is 33.1 Å². The average Bonchev–Trinajstić information content (AvgIpc) is 0.699. The molecule has 416 valence electrons. The van der Waals surface area contributed by atoms with Crippen LogP contribution in [-0.4, -0.2) is 8.80 Å². The first-order valence-corrected chi connectivity index (χ1v) is 30.5. The van der Waals surface area contributed by atoms with Gasteiger partial charge in [0.15, 0.2) is 21.7 Å². The van der Waals surface area contributed by atoms with E-state index in [2.05, 4.69) is 151 Å². The van der Waals surface area contributed by atoms with Crippen LogP contribution in [0.1, 0.15) is 152 Å². The lowest BCUT2D eigenvalue weighted by Crippen LogP contribution is -2.14. The first kappa shape index (κ1) is 52.0. The molecule has 8 nitrogen and oxygen atoms in total. The molecule has 0 unspecified atom stereocenters. The lowest BCUT2D eigenvalue weighted by molar-refractivity contribution is 0.469. The van der Waals surface area contributed by atoms with Gasteiger partial charge in [-0.2, -0.15) is 0 Å². The number of rotatable bonds is 14. The number of benzene rings is 9. The van der Waals surface area contributed by atoms with E-state index in [9.17, 15) is 19.2 Å². The maximum absolute atomic E-state index is 14.9. The topological polar surface area (TPSA) is 95.6 Å². The number of hydrogen-bond acceptors (Lipinski definition) is 6. The molecule has 0 spiro atoms. The lowest BCUT2D eigenvalue weighted by atomic mass is 9.83. The Morgan fingerprint density at radius 1 is 0.345 bits per heavy atom. The van der Waals surface area contributed by atoms with Crippen molar-refractivity contribution >= 4 is 119 Å². The molecule has 0 bridgehead atoms. The fourth-order valence-corrected chi connectivity index (χ4v) is 14.7. The number of para-hydroxylation sites is 2. The Hall–Kier alpha value is -8.88. The predicted molar refractivity (Wildman–Crippen MR) is 351 cm³/mol. The van der Waals surface area contributed by atoms with E-state index in [1.54, 1.807) is 24.3 Å². The average molecular weight is 1100 g/mol. The molecule has 8 heteroatoms. The third-order valence-electron chi connectivity index (χ3n) is 18.7. The summed E-state index contributed by atoms with van der Waals surface area (Å²) in [5, 5.41) is 12.7. The monoisotopic (exact) mass is 1100 g/mol. The highest BCUT2D eigenvalue weighted by Gasteiger charge is 2.31. The minimum absolute atomic E-state index is 0.121. The highest BCUT2D eigenvalue weighted by Crippen LogP contribution is 2.56. The molecule has 9 aromatic carbocycles. The van der Waals surface area contributed by atoms with Crippen molar-refractivity contribution in [3.63, 3.8) is 0 Å². The second-order valence-corrected chi connectivity index (χ2v) is 25.3. The van der Waals surface area contributed by atoms with Crippen molar-refractivity contribution < 1.29 is 9.47 Å². The number of nitrogens with zero attached hydrogens (tertiary/aromatic N) is 2. The Morgan fingerprint density at radius 2 is 0.655 bits per heavy atom. The molecule has 0 radical (unpaired) electrons. The van der Waals surface area contributed by atoms with Gasteiger partial charge in [0.2, 0.25) is 0 Å². The van der Waals surface area contributed by atoms with E-state index >= 15 is 0 Å². The van der Waals surface area contributed by atoms with Gasteiger partial charge in [0.1, 0.15) is 23.0 Å². The van der Waals surface area contributed by atoms with Crippen LogP contribution in [0.2, 0.25) is 0 Å². The Labute approximate surface area is 485 Å². The van der Waals surface area contributed by atoms with Crippen LogP contribution in [0.15, 0.2) is 141 Å². The smallest absolute Gasteiger partial charge is 0.190 e. The minimum Gasteiger partial charge on any atom is -0.456 e. The highest BCUT2D eigenvalue weighted by atomic mass is 16.5. The summed E-state index contributed by atoms with van der Waals surface area (Å²) in [7, 11) is 0. The van der Waals surface area contributed by atoms with E-state index in [4.69, 9.17) is 9.47 Å². The summed E-state index contributed by atoms with van der Waals surface area (Å²) in [6.45, 7) is 21.9. The van der Waals surface area contributed by atoms with Crippen molar-refractivity contribution in [2.45, 2.75) is 131 Å². The molecule has 0 N–H and O–H groups in total. The van der Waals surface area contributed by atoms with E-state index in [0.29, 0.717) is 55.1 Å². The van der Waals surface area contributed by atoms with Gasteiger partial charge in [-0.25, -0.2) is 0 Å². The number of unbranched alkanes of at least 4 members (excludes halogenated alkanes) is 2. The minimum atomic E-state index is -0.139. The summed E-state index contributed by atoms with van der Waals surface area (Å²) in [6.07, 6.45) is 5.44. The van der Waals surface area contributed by atoms with Gasteiger partial charge >= 0.3 is 0 Å². The quantitative estimate of drug-likeness (QED) is 0.0795. The van der Waals surface area contributed by atoms with Crippen molar-refractivity contribution in [3.8, 4) is 23.0 Å². The summed E-state index contributed by atoms with van der Waals surface area (Å²) < 4.78 is 19.8. The summed E-state index contributed by atoms with van der Waals surface area (Å²) in [5.41, 5.74) is 9.85. The van der Waals surface area contributed by atoms with E-state index < -0.39 is 0 Å². The van der Waals surface area contributed by atoms with Crippen LogP contribution in [0.4, 0.5) is 0 Å². The zero-order valence-corrected chi connectivity index (χ0v) is 49.4. The molecule has 0 atom stereocenters. The molecule has 0 aliphatic carbocycles. The number of aromatic nitrogens is 2. The predicted octanol–water partition coefficient (Wildman–Crippen LogP) is 19.1. The summed E-state index contributed by atoms with van der Waals surface area (Å²) in [6, 6.07) is 40.9. The second-order valence-electron chi connectivity index (χ2n) is 25.3.